The molecule has 0 radical (unpaired) electrons. The molecular formula is C20H16BrN3O5S. The molecule has 154 valence electrons. The molecule has 3 aromatic rings. The van der Waals surface area contributed by atoms with E-state index >= 15 is 0 Å². The predicted molar refractivity (Wildman–Crippen MR) is 117 cm³/mol. The van der Waals surface area contributed by atoms with Gasteiger partial charge in [-0.05, 0) is 36.4 Å². The third kappa shape index (κ3) is 5.02. The number of sulfonamides is 1. The lowest BCUT2D eigenvalue weighted by atomic mass is 10.3. The van der Waals surface area contributed by atoms with Gasteiger partial charge in [0.1, 0.15) is 6.54 Å². The standard InChI is InChI=1S/C20H16BrN3O5S/c21-15-6-4-8-17(12-15)23(30(28,29)19-10-2-1-3-11-19)14-20(25)22-16-7-5-9-18(13-16)24(26)27/h1-13H,14H2,(H,22,25). The van der Waals surface area contributed by atoms with Crippen LogP contribution >= 0.6 is 15.9 Å². The molecule has 3 aromatic carbocycles. The molecule has 0 bridgehead atoms. The molecule has 0 unspecified atom stereocenters. The average Bonchev–Trinajstić information content (AvgIpc) is 2.72. The molecule has 0 aliphatic heterocycles. The van der Waals surface area contributed by atoms with Crippen molar-refractivity contribution in [2.24, 2.45) is 0 Å². The van der Waals surface area contributed by atoms with E-state index in [9.17, 15) is 23.3 Å². The number of rotatable bonds is 7. The van der Waals surface area contributed by atoms with Crippen molar-refractivity contribution in [3.05, 3.63) is 93.4 Å². The fraction of sp³-hybridized carbons (Fsp3) is 0.0500. The lowest BCUT2D eigenvalue weighted by Crippen LogP contribution is -2.38. The summed E-state index contributed by atoms with van der Waals surface area (Å²) in [5.74, 6) is -0.644. The Bertz CT molecular complexity index is 1190. The lowest BCUT2D eigenvalue weighted by molar-refractivity contribution is -0.384. The van der Waals surface area contributed by atoms with Crippen LogP contribution in [-0.2, 0) is 14.8 Å². The molecule has 0 atom stereocenters. The molecule has 0 aromatic heterocycles. The lowest BCUT2D eigenvalue weighted by Gasteiger charge is -2.24. The van der Waals surface area contributed by atoms with Crippen LogP contribution in [0.3, 0.4) is 0 Å². The quantitative estimate of drug-likeness (QED) is 0.395. The van der Waals surface area contributed by atoms with Crippen molar-refractivity contribution in [3.63, 3.8) is 0 Å². The van der Waals surface area contributed by atoms with Gasteiger partial charge in [-0.1, -0.05) is 46.3 Å². The molecular weight excluding hydrogens is 474 g/mol. The third-order valence-electron chi connectivity index (χ3n) is 4.06. The molecule has 0 saturated carbocycles. The number of nitrogens with one attached hydrogen (secondary N) is 1. The Kier molecular flexibility index (Phi) is 6.48. The minimum Gasteiger partial charge on any atom is -0.324 e. The predicted octanol–water partition coefficient (Wildman–Crippen LogP) is 4.19. The average molecular weight is 490 g/mol. The van der Waals surface area contributed by atoms with Gasteiger partial charge in [0.25, 0.3) is 15.7 Å². The molecule has 0 aliphatic rings. The molecule has 30 heavy (non-hydrogen) atoms. The van der Waals surface area contributed by atoms with Crippen LogP contribution in [0.15, 0.2) is 88.2 Å². The van der Waals surface area contributed by atoms with E-state index in [2.05, 4.69) is 21.2 Å². The Balaban J connectivity index is 1.92. The normalized spacial score (nSPS) is 11.0. The molecule has 0 fully saturated rings. The van der Waals surface area contributed by atoms with Gasteiger partial charge in [0.2, 0.25) is 5.91 Å². The van der Waals surface area contributed by atoms with Crippen LogP contribution in [0, 0.1) is 10.1 Å². The second-order valence-corrected chi connectivity index (χ2v) is 8.94. The smallest absolute Gasteiger partial charge is 0.271 e. The van der Waals surface area contributed by atoms with Crippen molar-refractivity contribution in [1.29, 1.82) is 0 Å². The van der Waals surface area contributed by atoms with Crippen molar-refractivity contribution in [1.82, 2.24) is 0 Å². The summed E-state index contributed by atoms with van der Waals surface area (Å²) in [6.07, 6.45) is 0. The number of nitro groups is 1. The number of non-ortho nitro benzene ring substituents is 1. The number of anilines is 2. The fourth-order valence-electron chi connectivity index (χ4n) is 2.69. The Hall–Kier alpha value is -3.24. The third-order valence-corrected chi connectivity index (χ3v) is 6.34. The first-order valence-corrected chi connectivity index (χ1v) is 10.9. The summed E-state index contributed by atoms with van der Waals surface area (Å²) in [6.45, 7) is -0.517. The fourth-order valence-corrected chi connectivity index (χ4v) is 4.52. The zero-order chi connectivity index (χ0) is 21.7. The van der Waals surface area contributed by atoms with Crippen LogP contribution < -0.4 is 9.62 Å². The van der Waals surface area contributed by atoms with Crippen LogP contribution in [-0.4, -0.2) is 25.8 Å². The maximum absolute atomic E-state index is 13.2. The summed E-state index contributed by atoms with van der Waals surface area (Å²) in [5, 5.41) is 13.4. The van der Waals surface area contributed by atoms with E-state index in [0.717, 1.165) is 4.31 Å². The summed E-state index contributed by atoms with van der Waals surface area (Å²) in [5.41, 5.74) is 0.302. The Morgan fingerprint density at radius 1 is 1.00 bits per heavy atom. The molecule has 3 rings (SSSR count). The van der Waals surface area contributed by atoms with E-state index in [0.29, 0.717) is 10.2 Å². The van der Waals surface area contributed by atoms with E-state index in [1.807, 2.05) is 0 Å². The Labute approximate surface area is 181 Å². The summed E-state index contributed by atoms with van der Waals surface area (Å²) >= 11 is 3.31. The number of benzene rings is 3. The van der Waals surface area contributed by atoms with E-state index in [4.69, 9.17) is 0 Å². The number of hydrogen-bond donors (Lipinski definition) is 1. The van der Waals surface area contributed by atoms with Gasteiger partial charge in [-0.15, -0.1) is 0 Å². The summed E-state index contributed by atoms with van der Waals surface area (Å²) in [6, 6.07) is 19.7. The topological polar surface area (TPSA) is 110 Å². The van der Waals surface area contributed by atoms with Crippen molar-refractivity contribution < 1.29 is 18.1 Å². The minimum atomic E-state index is -4.04. The van der Waals surface area contributed by atoms with Crippen LogP contribution in [0.25, 0.3) is 0 Å². The maximum atomic E-state index is 13.2. The zero-order valence-electron chi connectivity index (χ0n) is 15.4. The SMILES string of the molecule is O=C(CN(c1cccc(Br)c1)S(=O)(=O)c1ccccc1)Nc1cccc([N+](=O)[O-])c1. The molecule has 0 aliphatic carbocycles. The van der Waals surface area contributed by atoms with E-state index in [1.165, 1.54) is 36.4 Å². The van der Waals surface area contributed by atoms with Crippen molar-refractivity contribution >= 4 is 48.9 Å². The molecule has 0 spiro atoms. The number of amides is 1. The molecule has 1 amide bonds. The molecule has 8 nitrogen and oxygen atoms in total. The van der Waals surface area contributed by atoms with Gasteiger partial charge in [-0.3, -0.25) is 19.2 Å². The highest BCUT2D eigenvalue weighted by atomic mass is 79.9. The molecule has 0 saturated heterocycles. The summed E-state index contributed by atoms with van der Waals surface area (Å²) < 4.78 is 28.1. The van der Waals surface area contributed by atoms with Gasteiger partial charge in [-0.2, -0.15) is 0 Å². The van der Waals surface area contributed by atoms with E-state index in [1.54, 1.807) is 42.5 Å². The molecule has 0 heterocycles. The van der Waals surface area contributed by atoms with Crippen LogP contribution in [0.5, 0.6) is 0 Å². The van der Waals surface area contributed by atoms with E-state index in [-0.39, 0.29) is 16.3 Å². The van der Waals surface area contributed by atoms with Gasteiger partial charge in [0.05, 0.1) is 15.5 Å². The number of nitro benzene ring substituents is 1. The number of nitrogens with zero attached hydrogens (tertiary/aromatic N) is 2. The highest BCUT2D eigenvalue weighted by Crippen LogP contribution is 2.26. The van der Waals surface area contributed by atoms with E-state index < -0.39 is 27.4 Å². The largest absolute Gasteiger partial charge is 0.324 e. The highest BCUT2D eigenvalue weighted by molar-refractivity contribution is 9.10. The first-order valence-electron chi connectivity index (χ1n) is 8.65. The highest BCUT2D eigenvalue weighted by Gasteiger charge is 2.27. The zero-order valence-corrected chi connectivity index (χ0v) is 17.8. The van der Waals surface area contributed by atoms with Crippen molar-refractivity contribution in [2.45, 2.75) is 4.90 Å². The van der Waals surface area contributed by atoms with Gasteiger partial charge in [0.15, 0.2) is 0 Å². The Morgan fingerprint density at radius 2 is 1.70 bits per heavy atom. The minimum absolute atomic E-state index is 0.0353. The van der Waals surface area contributed by atoms with Crippen LogP contribution in [0.2, 0.25) is 0 Å². The van der Waals surface area contributed by atoms with Gasteiger partial charge in [0, 0.05) is 22.3 Å². The number of carbonyl (C=O) groups is 1. The first kappa shape index (κ1) is 21.5. The monoisotopic (exact) mass is 489 g/mol. The Morgan fingerprint density at radius 3 is 2.37 bits per heavy atom. The first-order chi connectivity index (χ1) is 14.3. The van der Waals surface area contributed by atoms with Gasteiger partial charge in [-0.25, -0.2) is 8.42 Å². The second-order valence-electron chi connectivity index (χ2n) is 6.16. The number of carbonyl (C=O) groups excluding carboxylic acids is 1. The van der Waals surface area contributed by atoms with Crippen LogP contribution in [0.4, 0.5) is 17.1 Å². The second kappa shape index (κ2) is 9.06. The van der Waals surface area contributed by atoms with Gasteiger partial charge < -0.3 is 5.32 Å². The molecule has 10 heteroatoms. The van der Waals surface area contributed by atoms with Crippen LogP contribution in [0.1, 0.15) is 0 Å². The number of hydrogen-bond acceptors (Lipinski definition) is 5. The summed E-state index contributed by atoms with van der Waals surface area (Å²) in [4.78, 5) is 23.0. The maximum Gasteiger partial charge on any atom is 0.271 e. The van der Waals surface area contributed by atoms with Crippen molar-refractivity contribution in [2.75, 3.05) is 16.2 Å². The van der Waals surface area contributed by atoms with Gasteiger partial charge >= 0.3 is 0 Å². The molecule has 1 N–H and O–H groups in total. The van der Waals surface area contributed by atoms with Crippen molar-refractivity contribution in [3.8, 4) is 0 Å². The summed E-state index contributed by atoms with van der Waals surface area (Å²) in [7, 11) is -4.04. The number of halogens is 1.